The van der Waals surface area contributed by atoms with Crippen LogP contribution in [0.5, 0.6) is 0 Å². The minimum Gasteiger partial charge on any atom is -0.365 e. The van der Waals surface area contributed by atoms with Crippen LogP contribution < -0.4 is 5.32 Å². The van der Waals surface area contributed by atoms with E-state index < -0.39 is 0 Å². The maximum absolute atomic E-state index is 11.2. The first-order chi connectivity index (χ1) is 7.13. The lowest BCUT2D eigenvalue weighted by Crippen LogP contribution is -2.13. The third-order valence-corrected chi connectivity index (χ3v) is 2.09. The van der Waals surface area contributed by atoms with Gasteiger partial charge in [0.1, 0.15) is 0 Å². The zero-order valence-corrected chi connectivity index (χ0v) is 9.60. The maximum Gasteiger partial charge on any atom is 0.256 e. The first-order valence-electron chi connectivity index (χ1n) is 4.34. The van der Waals surface area contributed by atoms with Crippen LogP contribution in [0.3, 0.4) is 0 Å². The highest BCUT2D eigenvalue weighted by atomic mass is 35.5. The molecule has 0 aliphatic rings. The molecule has 1 rings (SSSR count). The average Bonchev–Trinajstić information content (AvgIpc) is 2.19. The number of halogens is 2. The topological polar surface area (TPSA) is 38.3 Å². The van der Waals surface area contributed by atoms with Crippen LogP contribution >= 0.6 is 23.2 Å². The Bertz CT molecular complexity index is 355. The van der Waals surface area contributed by atoms with Crippen molar-refractivity contribution in [2.45, 2.75) is 6.92 Å². The van der Waals surface area contributed by atoms with Gasteiger partial charge in [-0.15, -0.1) is 0 Å². The van der Waals surface area contributed by atoms with E-state index in [-0.39, 0.29) is 5.91 Å². The van der Waals surface area contributed by atoms with Gasteiger partial charge >= 0.3 is 0 Å². The highest BCUT2D eigenvalue weighted by Crippen LogP contribution is 2.25. The van der Waals surface area contributed by atoms with Gasteiger partial charge in [-0.25, -0.2) is 0 Å². The minimum absolute atomic E-state index is 0.360. The summed E-state index contributed by atoms with van der Waals surface area (Å²) >= 11 is 11.6. The van der Waals surface area contributed by atoms with Crippen molar-refractivity contribution in [2.75, 3.05) is 11.9 Å². The normalized spacial score (nSPS) is 10.1. The van der Waals surface area contributed by atoms with Crippen LogP contribution in [0.1, 0.15) is 6.92 Å². The number of carbonyl (C=O) groups is 1. The molecule has 3 nitrogen and oxygen atoms in total. The van der Waals surface area contributed by atoms with E-state index in [4.69, 9.17) is 27.9 Å². The van der Waals surface area contributed by atoms with Crippen LogP contribution in [0.25, 0.3) is 0 Å². The molecule has 1 radical (unpaired) electrons. The van der Waals surface area contributed by atoms with E-state index in [1.807, 2.05) is 0 Å². The van der Waals surface area contributed by atoms with Gasteiger partial charge in [-0.1, -0.05) is 23.2 Å². The second-order valence-corrected chi connectivity index (χ2v) is 3.53. The van der Waals surface area contributed by atoms with Crippen molar-refractivity contribution < 1.29 is 9.53 Å². The van der Waals surface area contributed by atoms with Crippen molar-refractivity contribution in [3.63, 3.8) is 0 Å². The van der Waals surface area contributed by atoms with Gasteiger partial charge in [0.05, 0.1) is 10.7 Å². The van der Waals surface area contributed by atoms with E-state index in [1.54, 1.807) is 25.1 Å². The number of carbonyl (C=O) groups excluding carboxylic acids is 1. The van der Waals surface area contributed by atoms with E-state index in [0.717, 1.165) is 6.61 Å². The molecule has 0 aromatic heterocycles. The lowest BCUT2D eigenvalue weighted by Gasteiger charge is -2.06. The fourth-order valence-corrected chi connectivity index (χ4v) is 1.37. The standard InChI is InChI=1S/C10H10Cl2NO2/c1-2-15-6-10(14)13-9-4-3-7(11)5-8(9)12/h3-6H,2H2,1H3,(H,13,14). The maximum atomic E-state index is 11.2. The van der Waals surface area contributed by atoms with Gasteiger partial charge in [0, 0.05) is 11.6 Å². The van der Waals surface area contributed by atoms with E-state index in [1.165, 1.54) is 0 Å². The van der Waals surface area contributed by atoms with Crippen molar-refractivity contribution in [2.24, 2.45) is 0 Å². The summed E-state index contributed by atoms with van der Waals surface area (Å²) in [6, 6.07) is 4.82. The van der Waals surface area contributed by atoms with Crippen LogP contribution in [0, 0.1) is 6.61 Å². The highest BCUT2D eigenvalue weighted by molar-refractivity contribution is 6.36. The van der Waals surface area contributed by atoms with Gasteiger partial charge in [0.15, 0.2) is 6.61 Å². The number of rotatable bonds is 4. The first-order valence-corrected chi connectivity index (χ1v) is 5.10. The number of amides is 1. The van der Waals surface area contributed by atoms with Gasteiger partial charge in [-0.05, 0) is 25.1 Å². The average molecular weight is 247 g/mol. The van der Waals surface area contributed by atoms with Crippen molar-refractivity contribution >= 4 is 34.8 Å². The molecule has 1 N–H and O–H groups in total. The predicted molar refractivity (Wildman–Crippen MR) is 61.0 cm³/mol. The molecule has 0 saturated heterocycles. The molecular formula is C10H10Cl2NO2. The summed E-state index contributed by atoms with van der Waals surface area (Å²) in [5.41, 5.74) is 0.502. The molecule has 15 heavy (non-hydrogen) atoms. The summed E-state index contributed by atoms with van der Waals surface area (Å²) in [7, 11) is 0. The molecule has 0 aliphatic carbocycles. The molecular weight excluding hydrogens is 237 g/mol. The number of hydrogen-bond donors (Lipinski definition) is 1. The molecule has 0 bridgehead atoms. The van der Waals surface area contributed by atoms with E-state index in [9.17, 15) is 4.79 Å². The van der Waals surface area contributed by atoms with E-state index >= 15 is 0 Å². The van der Waals surface area contributed by atoms with Crippen molar-refractivity contribution in [3.8, 4) is 0 Å². The summed E-state index contributed by atoms with van der Waals surface area (Å²) in [5, 5.41) is 3.47. The van der Waals surface area contributed by atoms with Crippen LogP contribution in [-0.2, 0) is 9.53 Å². The lowest BCUT2D eigenvalue weighted by atomic mass is 10.3. The SMILES string of the molecule is CCO[CH]C(=O)Nc1ccc(Cl)cc1Cl. The zero-order valence-electron chi connectivity index (χ0n) is 8.09. The third kappa shape index (κ3) is 4.08. The van der Waals surface area contributed by atoms with Crippen LogP contribution in [0.4, 0.5) is 5.69 Å². The summed E-state index contributed by atoms with van der Waals surface area (Å²) in [5.74, 6) is -0.360. The van der Waals surface area contributed by atoms with Gasteiger partial charge in [0.2, 0.25) is 0 Å². The van der Waals surface area contributed by atoms with Crippen LogP contribution in [-0.4, -0.2) is 12.5 Å². The second kappa shape index (κ2) is 5.95. The predicted octanol–water partition coefficient (Wildman–Crippen LogP) is 3.13. The Morgan fingerprint density at radius 3 is 2.87 bits per heavy atom. The molecule has 1 aromatic rings. The lowest BCUT2D eigenvalue weighted by molar-refractivity contribution is -0.116. The Kier molecular flexibility index (Phi) is 4.88. The summed E-state index contributed by atoms with van der Waals surface area (Å²) in [6.07, 6.45) is 0. The Morgan fingerprint density at radius 2 is 2.27 bits per heavy atom. The quantitative estimate of drug-likeness (QED) is 0.887. The molecule has 0 saturated carbocycles. The number of nitrogens with one attached hydrogen (secondary N) is 1. The molecule has 0 spiro atoms. The monoisotopic (exact) mass is 246 g/mol. The number of ether oxygens (including phenoxy) is 1. The molecule has 0 heterocycles. The molecule has 1 amide bonds. The third-order valence-electron chi connectivity index (χ3n) is 1.55. The summed E-state index contributed by atoms with van der Waals surface area (Å²) in [6.45, 7) is 3.34. The number of hydrogen-bond acceptors (Lipinski definition) is 2. The molecule has 0 fully saturated rings. The van der Waals surface area contributed by atoms with Crippen LogP contribution in [0.2, 0.25) is 10.0 Å². The summed E-state index contributed by atoms with van der Waals surface area (Å²) in [4.78, 5) is 11.2. The second-order valence-electron chi connectivity index (χ2n) is 2.69. The van der Waals surface area contributed by atoms with E-state index in [2.05, 4.69) is 5.32 Å². The fraction of sp³-hybridized carbons (Fsp3) is 0.200. The Morgan fingerprint density at radius 1 is 1.53 bits per heavy atom. The molecule has 0 unspecified atom stereocenters. The van der Waals surface area contributed by atoms with E-state index in [0.29, 0.717) is 22.3 Å². The van der Waals surface area contributed by atoms with Crippen molar-refractivity contribution in [1.82, 2.24) is 0 Å². The smallest absolute Gasteiger partial charge is 0.256 e. The zero-order chi connectivity index (χ0) is 11.3. The Labute approximate surface area is 98.3 Å². The minimum atomic E-state index is -0.360. The van der Waals surface area contributed by atoms with Gasteiger partial charge in [-0.2, -0.15) is 0 Å². The fourth-order valence-electron chi connectivity index (χ4n) is 0.912. The van der Waals surface area contributed by atoms with Gasteiger partial charge in [0.25, 0.3) is 5.91 Å². The Hall–Kier alpha value is -0.770. The first kappa shape index (κ1) is 12.3. The van der Waals surface area contributed by atoms with Gasteiger partial charge in [-0.3, -0.25) is 4.79 Å². The Balaban J connectivity index is 2.60. The molecule has 0 aliphatic heterocycles. The van der Waals surface area contributed by atoms with Crippen LogP contribution in [0.15, 0.2) is 18.2 Å². The largest absolute Gasteiger partial charge is 0.365 e. The number of benzene rings is 1. The molecule has 5 heteroatoms. The number of anilines is 1. The summed E-state index contributed by atoms with van der Waals surface area (Å²) < 4.78 is 4.82. The van der Waals surface area contributed by atoms with Crippen molar-refractivity contribution in [3.05, 3.63) is 34.9 Å². The van der Waals surface area contributed by atoms with Crippen molar-refractivity contribution in [1.29, 1.82) is 0 Å². The van der Waals surface area contributed by atoms with Gasteiger partial charge < -0.3 is 10.1 Å². The molecule has 1 aromatic carbocycles. The molecule has 81 valence electrons. The molecule has 0 atom stereocenters. The highest BCUT2D eigenvalue weighted by Gasteiger charge is 2.06.